The van der Waals surface area contributed by atoms with Gasteiger partial charge in [-0.1, -0.05) is 6.92 Å². The molecule has 2 heterocycles. The number of carbonyl (C=O) groups excluding carboxylic acids is 1. The summed E-state index contributed by atoms with van der Waals surface area (Å²) < 4.78 is 2.90. The number of amides is 1. The lowest BCUT2D eigenvalue weighted by molar-refractivity contribution is -0.137. The fourth-order valence-corrected chi connectivity index (χ4v) is 3.29. The van der Waals surface area contributed by atoms with Crippen LogP contribution in [0.3, 0.4) is 0 Å². The first kappa shape index (κ1) is 16.1. The van der Waals surface area contributed by atoms with Gasteiger partial charge >= 0.3 is 5.97 Å². The number of hydrogen-bond acceptors (Lipinski definition) is 2. The predicted molar refractivity (Wildman–Crippen MR) is 83.3 cm³/mol. The van der Waals surface area contributed by atoms with Crippen LogP contribution in [0.1, 0.15) is 43.1 Å². The number of halogens is 1. The summed E-state index contributed by atoms with van der Waals surface area (Å²) in [6.07, 6.45) is 4.65. The monoisotopic (exact) mass is 356 g/mol. The number of nitrogens with zero attached hydrogens (tertiary/aromatic N) is 2. The summed E-state index contributed by atoms with van der Waals surface area (Å²) in [4.78, 5) is 25.1. The molecule has 1 aromatic heterocycles. The summed E-state index contributed by atoms with van der Waals surface area (Å²) in [6, 6.07) is 1.86. The molecule has 0 spiro atoms. The molecule has 1 amide bonds. The molecule has 0 aromatic carbocycles. The highest BCUT2D eigenvalue weighted by Gasteiger charge is 2.28. The van der Waals surface area contributed by atoms with Crippen LogP contribution >= 0.6 is 15.9 Å². The van der Waals surface area contributed by atoms with Gasteiger partial charge in [-0.15, -0.1) is 0 Å². The molecule has 1 aliphatic heterocycles. The molecular formula is C15H21BrN2O3. The van der Waals surface area contributed by atoms with Gasteiger partial charge < -0.3 is 14.6 Å². The second-order valence-electron chi connectivity index (χ2n) is 5.58. The zero-order valence-electron chi connectivity index (χ0n) is 12.2. The lowest BCUT2D eigenvalue weighted by atomic mass is 10.0. The molecule has 116 valence electrons. The van der Waals surface area contributed by atoms with Gasteiger partial charge in [-0.3, -0.25) is 9.59 Å². The lowest BCUT2D eigenvalue weighted by Crippen LogP contribution is -2.30. The van der Waals surface area contributed by atoms with Gasteiger partial charge in [0.05, 0.1) is 0 Å². The van der Waals surface area contributed by atoms with Crippen LogP contribution in [0.2, 0.25) is 0 Å². The van der Waals surface area contributed by atoms with Crippen LogP contribution in [0.15, 0.2) is 16.7 Å². The van der Waals surface area contributed by atoms with Crippen molar-refractivity contribution in [3.05, 3.63) is 22.4 Å². The van der Waals surface area contributed by atoms with E-state index in [0.29, 0.717) is 24.6 Å². The van der Waals surface area contributed by atoms with Gasteiger partial charge in [0, 0.05) is 36.7 Å². The molecular weight excluding hydrogens is 336 g/mol. The second-order valence-corrected chi connectivity index (χ2v) is 6.49. The Kier molecular flexibility index (Phi) is 5.45. The van der Waals surface area contributed by atoms with E-state index in [4.69, 9.17) is 5.11 Å². The highest BCUT2D eigenvalue weighted by atomic mass is 79.9. The van der Waals surface area contributed by atoms with Gasteiger partial charge in [0.25, 0.3) is 5.91 Å². The minimum absolute atomic E-state index is 0.0481. The normalized spacial score (nSPS) is 18.2. The summed E-state index contributed by atoms with van der Waals surface area (Å²) in [6.45, 7) is 4.29. The van der Waals surface area contributed by atoms with Crippen LogP contribution in [0.5, 0.6) is 0 Å². The molecule has 5 nitrogen and oxygen atoms in total. The average molecular weight is 357 g/mol. The second kappa shape index (κ2) is 7.11. The first-order chi connectivity index (χ1) is 10.0. The number of rotatable bonds is 6. The number of aryl methyl sites for hydroxylation is 1. The van der Waals surface area contributed by atoms with Gasteiger partial charge in [-0.25, -0.2) is 0 Å². The molecule has 0 bridgehead atoms. The molecule has 1 atom stereocenters. The summed E-state index contributed by atoms with van der Waals surface area (Å²) in [5.41, 5.74) is 0.711. The highest BCUT2D eigenvalue weighted by molar-refractivity contribution is 9.10. The number of likely N-dealkylation sites (tertiary alicyclic amines) is 1. The number of carboxylic acid groups (broad SMARTS) is 1. The van der Waals surface area contributed by atoms with E-state index in [1.54, 1.807) is 0 Å². The third-order valence-corrected chi connectivity index (χ3v) is 4.32. The van der Waals surface area contributed by atoms with Gasteiger partial charge in [-0.05, 0) is 47.2 Å². The third kappa shape index (κ3) is 4.09. The maximum absolute atomic E-state index is 12.6. The van der Waals surface area contributed by atoms with E-state index in [1.807, 2.05) is 21.7 Å². The summed E-state index contributed by atoms with van der Waals surface area (Å²) in [5, 5.41) is 8.74. The van der Waals surface area contributed by atoms with Gasteiger partial charge in [-0.2, -0.15) is 0 Å². The van der Waals surface area contributed by atoms with E-state index in [0.717, 1.165) is 30.4 Å². The minimum atomic E-state index is -0.763. The standard InChI is InChI=1S/C15H21BrN2O3/c1-2-6-17-10-12(16)8-13(17)15(21)18-7-5-11(9-18)3-4-14(19)20/h8,10-11H,2-7,9H2,1H3,(H,19,20). The van der Waals surface area contributed by atoms with Crippen LogP contribution in [0.25, 0.3) is 0 Å². The number of aromatic nitrogens is 1. The fraction of sp³-hybridized carbons (Fsp3) is 0.600. The zero-order valence-corrected chi connectivity index (χ0v) is 13.8. The van der Waals surface area contributed by atoms with Crippen LogP contribution in [-0.4, -0.2) is 39.5 Å². The van der Waals surface area contributed by atoms with E-state index < -0.39 is 5.97 Å². The Morgan fingerprint density at radius 3 is 2.90 bits per heavy atom. The smallest absolute Gasteiger partial charge is 0.303 e. The average Bonchev–Trinajstić information content (AvgIpc) is 3.03. The Morgan fingerprint density at radius 2 is 2.24 bits per heavy atom. The first-order valence-corrected chi connectivity index (χ1v) is 8.17. The molecule has 0 radical (unpaired) electrons. The molecule has 1 saturated heterocycles. The molecule has 21 heavy (non-hydrogen) atoms. The van der Waals surface area contributed by atoms with Crippen LogP contribution in [0, 0.1) is 5.92 Å². The van der Waals surface area contributed by atoms with Crippen LogP contribution < -0.4 is 0 Å². The summed E-state index contributed by atoms with van der Waals surface area (Å²) >= 11 is 3.43. The van der Waals surface area contributed by atoms with Crippen molar-refractivity contribution in [2.75, 3.05) is 13.1 Å². The maximum Gasteiger partial charge on any atom is 0.303 e. The molecule has 1 fully saturated rings. The largest absolute Gasteiger partial charge is 0.481 e. The molecule has 2 rings (SSSR count). The Hall–Kier alpha value is -1.30. The van der Waals surface area contributed by atoms with Crippen molar-refractivity contribution in [2.45, 2.75) is 39.2 Å². The molecule has 1 unspecified atom stereocenters. The van der Waals surface area contributed by atoms with E-state index in [-0.39, 0.29) is 12.3 Å². The third-order valence-electron chi connectivity index (χ3n) is 3.89. The summed E-state index contributed by atoms with van der Waals surface area (Å²) in [7, 11) is 0. The van der Waals surface area contributed by atoms with Crippen LogP contribution in [0.4, 0.5) is 0 Å². The zero-order chi connectivity index (χ0) is 15.4. The summed E-state index contributed by atoms with van der Waals surface area (Å²) in [5.74, 6) is -0.407. The molecule has 1 N–H and O–H groups in total. The van der Waals surface area contributed by atoms with Crippen molar-refractivity contribution in [1.82, 2.24) is 9.47 Å². The molecule has 1 aromatic rings. The quantitative estimate of drug-likeness (QED) is 0.851. The predicted octanol–water partition coefficient (Wildman–Crippen LogP) is 2.99. The minimum Gasteiger partial charge on any atom is -0.481 e. The van der Waals surface area contributed by atoms with Gasteiger partial charge in [0.1, 0.15) is 5.69 Å². The highest BCUT2D eigenvalue weighted by Crippen LogP contribution is 2.24. The number of aliphatic carboxylic acids is 1. The Labute approximate surface area is 133 Å². The molecule has 0 aliphatic carbocycles. The van der Waals surface area contributed by atoms with Crippen molar-refractivity contribution >= 4 is 27.8 Å². The van der Waals surface area contributed by atoms with E-state index in [9.17, 15) is 9.59 Å². The van der Waals surface area contributed by atoms with Crippen molar-refractivity contribution < 1.29 is 14.7 Å². The van der Waals surface area contributed by atoms with Gasteiger partial charge in [0.15, 0.2) is 0 Å². The fourth-order valence-electron chi connectivity index (χ4n) is 2.82. The lowest BCUT2D eigenvalue weighted by Gasteiger charge is -2.17. The topological polar surface area (TPSA) is 62.5 Å². The van der Waals surface area contributed by atoms with Crippen molar-refractivity contribution in [3.63, 3.8) is 0 Å². The molecule has 0 saturated carbocycles. The van der Waals surface area contributed by atoms with Crippen molar-refractivity contribution in [2.24, 2.45) is 5.92 Å². The number of hydrogen-bond donors (Lipinski definition) is 1. The van der Waals surface area contributed by atoms with E-state index in [2.05, 4.69) is 22.9 Å². The Morgan fingerprint density at radius 1 is 1.48 bits per heavy atom. The Balaban J connectivity index is 1.99. The van der Waals surface area contributed by atoms with Crippen molar-refractivity contribution in [3.8, 4) is 0 Å². The first-order valence-electron chi connectivity index (χ1n) is 7.38. The number of carbonyl (C=O) groups is 2. The SMILES string of the molecule is CCCn1cc(Br)cc1C(=O)N1CCC(CCC(=O)O)C1. The Bertz CT molecular complexity index is 527. The van der Waals surface area contributed by atoms with Gasteiger partial charge in [0.2, 0.25) is 0 Å². The van der Waals surface area contributed by atoms with E-state index >= 15 is 0 Å². The number of carboxylic acids is 1. The van der Waals surface area contributed by atoms with Crippen LogP contribution in [-0.2, 0) is 11.3 Å². The molecule has 6 heteroatoms. The molecule has 1 aliphatic rings. The van der Waals surface area contributed by atoms with Crippen molar-refractivity contribution in [1.29, 1.82) is 0 Å². The van der Waals surface area contributed by atoms with E-state index in [1.165, 1.54) is 0 Å². The maximum atomic E-state index is 12.6.